The van der Waals surface area contributed by atoms with E-state index in [4.69, 9.17) is 10.3 Å². The third-order valence-corrected chi connectivity index (χ3v) is 5.82. The van der Waals surface area contributed by atoms with Gasteiger partial charge in [0.05, 0.1) is 17.3 Å². The molecule has 2 aliphatic rings. The predicted molar refractivity (Wildman–Crippen MR) is 124 cm³/mol. The highest BCUT2D eigenvalue weighted by Crippen LogP contribution is 2.46. The van der Waals surface area contributed by atoms with Crippen molar-refractivity contribution in [1.82, 2.24) is 16.0 Å². The molecule has 0 saturated carbocycles. The van der Waals surface area contributed by atoms with Crippen molar-refractivity contribution < 1.29 is 14.1 Å². The summed E-state index contributed by atoms with van der Waals surface area (Å²) in [6.45, 7) is 1.85. The van der Waals surface area contributed by atoms with Crippen LogP contribution in [0.5, 0.6) is 0 Å². The van der Waals surface area contributed by atoms with E-state index in [0.717, 1.165) is 22.4 Å². The van der Waals surface area contributed by atoms with Gasteiger partial charge in [0.1, 0.15) is 6.04 Å². The Hall–Kier alpha value is -4.11. The molecule has 0 saturated heterocycles. The number of anilines is 2. The number of hydrogen-bond donors (Lipinski definition) is 5. The van der Waals surface area contributed by atoms with Crippen LogP contribution in [0.1, 0.15) is 45.4 Å². The molecule has 1 aromatic heterocycles. The van der Waals surface area contributed by atoms with Crippen LogP contribution in [0.15, 0.2) is 59.3 Å². The van der Waals surface area contributed by atoms with Gasteiger partial charge >= 0.3 is 0 Å². The molecule has 3 heterocycles. The maximum Gasteiger partial charge on any atom is 0.270 e. The zero-order valence-corrected chi connectivity index (χ0v) is 18.0. The standard InChI is InChI=1S/C24H24N6O3/c1-13-9-20(33-30-13)22-17-12-26-29-23(31)16-10-15(11-19(28-22)21(16)17)27-24(32)18(25)8-7-14-5-3-2-4-6-14/h2-6,9-12,18,22,26,28H,7-8,25H2,1H3,(H,27,32)(H,29,31)/t18-,22?/m1/s1. The highest BCUT2D eigenvalue weighted by Gasteiger charge is 2.36. The van der Waals surface area contributed by atoms with Gasteiger partial charge in [-0.1, -0.05) is 35.5 Å². The molecule has 0 bridgehead atoms. The lowest BCUT2D eigenvalue weighted by molar-refractivity contribution is -0.117. The van der Waals surface area contributed by atoms with Crippen LogP contribution in [0.2, 0.25) is 0 Å². The number of carbonyl (C=O) groups excluding carboxylic acids is 2. The number of nitrogens with one attached hydrogen (secondary N) is 4. The number of rotatable bonds is 6. The Kier molecular flexibility index (Phi) is 5.31. The van der Waals surface area contributed by atoms with Crippen LogP contribution in [0.4, 0.5) is 11.4 Å². The van der Waals surface area contributed by atoms with E-state index < -0.39 is 6.04 Å². The van der Waals surface area contributed by atoms with Crippen molar-refractivity contribution in [3.63, 3.8) is 0 Å². The van der Waals surface area contributed by atoms with Crippen LogP contribution in [0.3, 0.4) is 0 Å². The molecule has 0 spiro atoms. The number of hydrazine groups is 1. The average Bonchev–Trinajstić information content (AvgIpc) is 3.36. The Balaban J connectivity index is 1.38. The number of nitrogens with zero attached hydrogens (tertiary/aromatic N) is 1. The van der Waals surface area contributed by atoms with Gasteiger partial charge in [-0.15, -0.1) is 0 Å². The molecule has 1 unspecified atom stereocenters. The first kappa shape index (κ1) is 20.8. The first-order valence-corrected chi connectivity index (χ1v) is 10.7. The van der Waals surface area contributed by atoms with Crippen molar-refractivity contribution in [2.24, 2.45) is 5.73 Å². The van der Waals surface area contributed by atoms with Crippen LogP contribution < -0.4 is 27.2 Å². The smallest absolute Gasteiger partial charge is 0.270 e. The Bertz CT molecular complexity index is 1250. The molecule has 2 atom stereocenters. The van der Waals surface area contributed by atoms with Crippen molar-refractivity contribution in [3.05, 3.63) is 82.9 Å². The quantitative estimate of drug-likeness (QED) is 0.394. The van der Waals surface area contributed by atoms with Gasteiger partial charge in [0.2, 0.25) is 5.91 Å². The van der Waals surface area contributed by atoms with E-state index in [9.17, 15) is 9.59 Å². The van der Waals surface area contributed by atoms with Gasteiger partial charge in [-0.25, -0.2) is 0 Å². The van der Waals surface area contributed by atoms with Crippen LogP contribution in [0.25, 0.3) is 5.57 Å². The predicted octanol–water partition coefficient (Wildman–Crippen LogP) is 2.64. The maximum atomic E-state index is 12.7. The minimum atomic E-state index is -0.679. The van der Waals surface area contributed by atoms with E-state index in [2.05, 4.69) is 26.6 Å². The fourth-order valence-electron chi connectivity index (χ4n) is 4.17. The second-order valence-corrected chi connectivity index (χ2v) is 8.21. The SMILES string of the molecule is Cc1cc(C2Nc3cc(NC(=O)[C@H](N)CCc4ccccc4)cc4c3C2=CNNC4=O)on1. The summed E-state index contributed by atoms with van der Waals surface area (Å²) in [4.78, 5) is 25.4. The van der Waals surface area contributed by atoms with E-state index in [1.165, 1.54) is 0 Å². The minimum Gasteiger partial charge on any atom is -0.371 e. The topological polar surface area (TPSA) is 134 Å². The number of hydrogen-bond acceptors (Lipinski definition) is 7. The Morgan fingerprint density at radius 3 is 2.82 bits per heavy atom. The molecule has 0 radical (unpaired) electrons. The summed E-state index contributed by atoms with van der Waals surface area (Å²) in [5.74, 6) is 0.0187. The van der Waals surface area contributed by atoms with Crippen molar-refractivity contribution in [2.45, 2.75) is 31.8 Å². The van der Waals surface area contributed by atoms with Crippen molar-refractivity contribution in [2.75, 3.05) is 10.6 Å². The number of carbonyl (C=O) groups is 2. The van der Waals surface area contributed by atoms with Crippen LogP contribution in [-0.2, 0) is 11.2 Å². The zero-order valence-electron chi connectivity index (χ0n) is 18.0. The molecule has 0 fully saturated rings. The summed E-state index contributed by atoms with van der Waals surface area (Å²) in [6, 6.07) is 14.2. The lowest BCUT2D eigenvalue weighted by Gasteiger charge is -2.15. The number of nitrogens with two attached hydrogens (primary N) is 1. The third-order valence-electron chi connectivity index (χ3n) is 5.82. The molecule has 3 aromatic rings. The Morgan fingerprint density at radius 1 is 1.24 bits per heavy atom. The molecule has 9 nitrogen and oxygen atoms in total. The van der Waals surface area contributed by atoms with Crippen LogP contribution >= 0.6 is 0 Å². The first-order chi connectivity index (χ1) is 16.0. The number of benzene rings is 2. The highest BCUT2D eigenvalue weighted by atomic mass is 16.5. The second-order valence-electron chi connectivity index (χ2n) is 8.21. The molecule has 6 N–H and O–H groups in total. The van der Waals surface area contributed by atoms with Gasteiger partial charge in [-0.05, 0) is 37.5 Å². The van der Waals surface area contributed by atoms with Crippen molar-refractivity contribution in [3.8, 4) is 0 Å². The Labute approximate surface area is 190 Å². The summed E-state index contributed by atoms with van der Waals surface area (Å²) < 4.78 is 5.46. The summed E-state index contributed by atoms with van der Waals surface area (Å²) >= 11 is 0. The van der Waals surface area contributed by atoms with Gasteiger partial charge in [-0.3, -0.25) is 15.0 Å². The van der Waals surface area contributed by atoms with Gasteiger partial charge in [0.15, 0.2) is 5.76 Å². The number of aryl methyl sites for hydroxylation is 2. The fraction of sp³-hybridized carbons (Fsp3) is 0.208. The normalized spacial score (nSPS) is 17.1. The lowest BCUT2D eigenvalue weighted by Crippen LogP contribution is -2.36. The van der Waals surface area contributed by atoms with E-state index in [1.807, 2.05) is 43.3 Å². The van der Waals surface area contributed by atoms with Crippen LogP contribution in [-0.4, -0.2) is 23.0 Å². The molecule has 5 rings (SSSR count). The van der Waals surface area contributed by atoms with E-state index in [0.29, 0.717) is 35.5 Å². The van der Waals surface area contributed by atoms with Crippen molar-refractivity contribution in [1.29, 1.82) is 0 Å². The van der Waals surface area contributed by atoms with Gasteiger partial charge < -0.3 is 26.3 Å². The molecule has 2 amide bonds. The first-order valence-electron chi connectivity index (χ1n) is 10.7. The van der Waals surface area contributed by atoms with Gasteiger partial charge in [0.25, 0.3) is 5.91 Å². The minimum absolute atomic E-state index is 0.304. The van der Waals surface area contributed by atoms with Crippen LogP contribution in [0, 0.1) is 6.92 Å². The summed E-state index contributed by atoms with van der Waals surface area (Å²) in [5, 5.41) is 10.2. The summed E-state index contributed by atoms with van der Waals surface area (Å²) in [7, 11) is 0. The highest BCUT2D eigenvalue weighted by molar-refractivity contribution is 6.07. The molecular weight excluding hydrogens is 420 g/mol. The van der Waals surface area contributed by atoms with Gasteiger partial charge in [-0.2, -0.15) is 0 Å². The third kappa shape index (κ3) is 4.06. The van der Waals surface area contributed by atoms with E-state index >= 15 is 0 Å². The zero-order chi connectivity index (χ0) is 22.9. The molecule has 33 heavy (non-hydrogen) atoms. The van der Waals surface area contributed by atoms with Gasteiger partial charge in [0, 0.05) is 34.8 Å². The summed E-state index contributed by atoms with van der Waals surface area (Å²) in [5.41, 5.74) is 16.7. The summed E-state index contributed by atoms with van der Waals surface area (Å²) in [6.07, 6.45) is 2.94. The number of aromatic nitrogens is 1. The second kappa shape index (κ2) is 8.44. The molecule has 0 aliphatic carbocycles. The Morgan fingerprint density at radius 2 is 2.06 bits per heavy atom. The monoisotopic (exact) mass is 444 g/mol. The van der Waals surface area contributed by atoms with E-state index in [1.54, 1.807) is 18.3 Å². The largest absolute Gasteiger partial charge is 0.371 e. The molecule has 9 heteroatoms. The molecule has 2 aromatic carbocycles. The number of amides is 2. The lowest BCUT2D eigenvalue weighted by atomic mass is 9.96. The molecule has 2 aliphatic heterocycles. The molecule has 168 valence electrons. The van der Waals surface area contributed by atoms with E-state index in [-0.39, 0.29) is 17.9 Å². The average molecular weight is 444 g/mol. The molecular formula is C24H24N6O3. The maximum absolute atomic E-state index is 12.7. The van der Waals surface area contributed by atoms with Crippen molar-refractivity contribution >= 4 is 28.8 Å². The fourth-order valence-corrected chi connectivity index (χ4v) is 4.17.